The molecule has 2 N–H and O–H groups in total. The molecule has 1 fully saturated rings. The molecule has 2 aromatic heterocycles. The monoisotopic (exact) mass is 425 g/mol. The lowest BCUT2D eigenvalue weighted by molar-refractivity contribution is 0.0653. The Morgan fingerprint density at radius 2 is 1.97 bits per heavy atom. The van der Waals surface area contributed by atoms with Crippen LogP contribution in [0.1, 0.15) is 61.3 Å². The van der Waals surface area contributed by atoms with E-state index in [2.05, 4.69) is 29.2 Å². The van der Waals surface area contributed by atoms with Gasteiger partial charge in [-0.2, -0.15) is 0 Å². The maximum atomic E-state index is 12.9. The number of hydrogen-bond acceptors (Lipinski definition) is 7. The molecular formula is C23H27N3O5. The number of nitrogens with zero attached hydrogens (tertiary/aromatic N) is 2. The van der Waals surface area contributed by atoms with Crippen molar-refractivity contribution in [1.29, 1.82) is 0 Å². The second-order valence-electron chi connectivity index (χ2n) is 9.07. The number of aryl methyl sites for hydroxylation is 1. The van der Waals surface area contributed by atoms with E-state index >= 15 is 0 Å². The first-order valence-corrected chi connectivity index (χ1v) is 10.4. The van der Waals surface area contributed by atoms with Crippen molar-refractivity contribution < 1.29 is 18.8 Å². The predicted molar refractivity (Wildman–Crippen MR) is 118 cm³/mol. The van der Waals surface area contributed by atoms with Crippen LogP contribution in [0.3, 0.4) is 0 Å². The maximum Gasteiger partial charge on any atom is 0.376 e. The molecule has 8 heteroatoms. The van der Waals surface area contributed by atoms with E-state index in [9.17, 15) is 14.7 Å². The van der Waals surface area contributed by atoms with Crippen molar-refractivity contribution in [2.75, 3.05) is 23.3 Å². The Kier molecular flexibility index (Phi) is 5.24. The highest BCUT2D eigenvalue weighted by atomic mass is 16.5. The van der Waals surface area contributed by atoms with Crippen LogP contribution in [-0.4, -0.2) is 29.3 Å². The number of benzene rings is 1. The summed E-state index contributed by atoms with van der Waals surface area (Å²) in [4.78, 5) is 26.4. The zero-order valence-electron chi connectivity index (χ0n) is 18.2. The molecule has 1 saturated heterocycles. The first kappa shape index (κ1) is 21.0. The van der Waals surface area contributed by atoms with Gasteiger partial charge in [-0.15, -0.1) is 0 Å². The van der Waals surface area contributed by atoms with Gasteiger partial charge in [0.25, 0.3) is 5.76 Å². The topological polar surface area (TPSA) is 109 Å². The van der Waals surface area contributed by atoms with Crippen LogP contribution in [0.2, 0.25) is 0 Å². The number of piperidine rings is 1. The first-order valence-electron chi connectivity index (χ1n) is 10.4. The Balaban J connectivity index is 1.74. The summed E-state index contributed by atoms with van der Waals surface area (Å²) in [5.74, 6) is -0.897. The largest absolute Gasteiger partial charge is 0.475 e. The predicted octanol–water partition coefficient (Wildman–Crippen LogP) is 4.59. The highest BCUT2D eigenvalue weighted by Crippen LogP contribution is 2.34. The quantitative estimate of drug-likeness (QED) is 0.611. The lowest BCUT2D eigenvalue weighted by atomic mass is 9.83. The average Bonchev–Trinajstić information content (AvgIpc) is 3.16. The Labute approximate surface area is 179 Å². The van der Waals surface area contributed by atoms with Crippen LogP contribution >= 0.6 is 0 Å². The van der Waals surface area contributed by atoms with Gasteiger partial charge in [0.1, 0.15) is 11.3 Å². The average molecular weight is 425 g/mol. The molecule has 3 aromatic rings. The van der Waals surface area contributed by atoms with Gasteiger partial charge in [-0.05, 0) is 43.7 Å². The molecule has 1 aliphatic rings. The van der Waals surface area contributed by atoms with Crippen LogP contribution in [-0.2, 0) is 0 Å². The van der Waals surface area contributed by atoms with Crippen LogP contribution in [0.5, 0.6) is 0 Å². The summed E-state index contributed by atoms with van der Waals surface area (Å²) in [6.45, 7) is 9.97. The zero-order valence-corrected chi connectivity index (χ0v) is 18.2. The minimum absolute atomic E-state index is 0.0885. The second-order valence-corrected chi connectivity index (χ2v) is 9.07. The van der Waals surface area contributed by atoms with Crippen molar-refractivity contribution in [3.63, 3.8) is 0 Å². The molecule has 0 amide bonds. The summed E-state index contributed by atoms with van der Waals surface area (Å²) in [5, 5.41) is 16.5. The summed E-state index contributed by atoms with van der Waals surface area (Å²) in [7, 11) is 0. The van der Waals surface area contributed by atoms with Gasteiger partial charge in [0.15, 0.2) is 11.3 Å². The van der Waals surface area contributed by atoms with E-state index in [0.717, 1.165) is 37.1 Å². The molecule has 1 aliphatic heterocycles. The van der Waals surface area contributed by atoms with Crippen molar-refractivity contribution in [2.45, 2.75) is 46.6 Å². The van der Waals surface area contributed by atoms with Gasteiger partial charge in [-0.1, -0.05) is 25.1 Å². The van der Waals surface area contributed by atoms with Crippen molar-refractivity contribution in [3.8, 4) is 0 Å². The number of fused-ring (bicyclic) bond motifs is 1. The van der Waals surface area contributed by atoms with Crippen LogP contribution < -0.4 is 15.6 Å². The van der Waals surface area contributed by atoms with E-state index in [1.54, 1.807) is 6.07 Å². The molecule has 31 heavy (non-hydrogen) atoms. The van der Waals surface area contributed by atoms with Gasteiger partial charge in [-0.25, -0.2) is 4.79 Å². The Morgan fingerprint density at radius 1 is 1.26 bits per heavy atom. The van der Waals surface area contributed by atoms with Crippen molar-refractivity contribution in [2.24, 2.45) is 5.41 Å². The second kappa shape index (κ2) is 7.76. The Morgan fingerprint density at radius 3 is 2.65 bits per heavy atom. The smallest absolute Gasteiger partial charge is 0.376 e. The van der Waals surface area contributed by atoms with Crippen molar-refractivity contribution in [3.05, 3.63) is 51.5 Å². The number of aromatic nitrogens is 1. The molecule has 1 atom stereocenters. The third kappa shape index (κ3) is 4.15. The number of carboxylic acid groups (broad SMARTS) is 1. The lowest BCUT2D eigenvalue weighted by Gasteiger charge is -2.37. The normalized spacial score (nSPS) is 17.0. The summed E-state index contributed by atoms with van der Waals surface area (Å²) in [6.07, 6.45) is 3.38. The Hall–Kier alpha value is -3.29. The van der Waals surface area contributed by atoms with Gasteiger partial charge in [0, 0.05) is 24.7 Å². The van der Waals surface area contributed by atoms with E-state index in [1.807, 2.05) is 26.0 Å². The summed E-state index contributed by atoms with van der Waals surface area (Å²) in [6, 6.07) is 4.99. The zero-order chi connectivity index (χ0) is 22.3. The van der Waals surface area contributed by atoms with E-state index in [1.165, 1.54) is 6.20 Å². The van der Waals surface area contributed by atoms with Gasteiger partial charge in [-0.3, -0.25) is 4.79 Å². The number of anilines is 2. The summed E-state index contributed by atoms with van der Waals surface area (Å²) < 4.78 is 11.1. The molecular weight excluding hydrogens is 398 g/mol. The fourth-order valence-electron chi connectivity index (χ4n) is 4.04. The van der Waals surface area contributed by atoms with Crippen LogP contribution in [0.25, 0.3) is 11.0 Å². The standard InChI is InChI=1S/C23H27N3O5/c1-13-9-15(14(2)25-17-12-24-31-21(17)22(28)29)20-16(10-13)18(27)11-19(30-20)26-7-5-23(3,4)6-8-26/h9-12,14,25H,5-8H2,1-4H3,(H,28,29). The fourth-order valence-corrected chi connectivity index (χ4v) is 4.04. The van der Waals surface area contributed by atoms with Gasteiger partial charge < -0.3 is 24.3 Å². The first-order chi connectivity index (χ1) is 14.6. The van der Waals surface area contributed by atoms with Gasteiger partial charge in [0.2, 0.25) is 0 Å². The third-order valence-corrected chi connectivity index (χ3v) is 6.02. The molecule has 1 unspecified atom stereocenters. The van der Waals surface area contributed by atoms with Crippen LogP contribution in [0.4, 0.5) is 11.6 Å². The molecule has 8 nitrogen and oxygen atoms in total. The number of aromatic carboxylic acids is 1. The molecule has 164 valence electrons. The van der Waals surface area contributed by atoms with Crippen LogP contribution in [0.15, 0.2) is 38.1 Å². The number of hydrogen-bond donors (Lipinski definition) is 2. The van der Waals surface area contributed by atoms with E-state index in [4.69, 9.17) is 8.94 Å². The minimum atomic E-state index is -1.21. The molecule has 1 aromatic carbocycles. The molecule has 0 radical (unpaired) electrons. The van der Waals surface area contributed by atoms with Gasteiger partial charge in [0.05, 0.1) is 17.6 Å². The number of rotatable bonds is 5. The molecule has 3 heterocycles. The highest BCUT2D eigenvalue weighted by Gasteiger charge is 2.27. The summed E-state index contributed by atoms with van der Waals surface area (Å²) >= 11 is 0. The molecule has 0 aliphatic carbocycles. The molecule has 0 bridgehead atoms. The molecule has 0 spiro atoms. The van der Waals surface area contributed by atoms with E-state index in [0.29, 0.717) is 16.9 Å². The minimum Gasteiger partial charge on any atom is -0.475 e. The number of carboxylic acids is 1. The number of carbonyl (C=O) groups is 1. The van der Waals surface area contributed by atoms with E-state index < -0.39 is 5.97 Å². The maximum absolute atomic E-state index is 12.9. The Bertz CT molecular complexity index is 1180. The van der Waals surface area contributed by atoms with Crippen LogP contribution in [0, 0.1) is 12.3 Å². The van der Waals surface area contributed by atoms with Crippen molar-refractivity contribution in [1.82, 2.24) is 5.16 Å². The lowest BCUT2D eigenvalue weighted by Crippen LogP contribution is -2.37. The van der Waals surface area contributed by atoms with Gasteiger partial charge >= 0.3 is 5.97 Å². The fraction of sp³-hybridized carbons (Fsp3) is 0.435. The highest BCUT2D eigenvalue weighted by molar-refractivity contribution is 5.91. The molecule has 4 rings (SSSR count). The SMILES string of the molecule is Cc1cc(C(C)Nc2cnoc2C(=O)O)c2oc(N3CCC(C)(C)CC3)cc(=O)c2c1. The van der Waals surface area contributed by atoms with E-state index in [-0.39, 0.29) is 28.3 Å². The number of nitrogens with one attached hydrogen (secondary N) is 1. The summed E-state index contributed by atoms with van der Waals surface area (Å²) in [5.41, 5.74) is 2.66. The molecule has 0 saturated carbocycles. The van der Waals surface area contributed by atoms with Crippen molar-refractivity contribution >= 4 is 28.5 Å². The third-order valence-electron chi connectivity index (χ3n) is 6.02.